The van der Waals surface area contributed by atoms with Crippen LogP contribution in [0.3, 0.4) is 0 Å². The number of anilines is 1. The van der Waals surface area contributed by atoms with Gasteiger partial charge in [-0.1, -0.05) is 26.8 Å². The van der Waals surface area contributed by atoms with Crippen LogP contribution in [0.1, 0.15) is 38.7 Å². The predicted molar refractivity (Wildman–Crippen MR) is 63.9 cm³/mol. The highest BCUT2D eigenvalue weighted by molar-refractivity contribution is 5.97. The van der Waals surface area contributed by atoms with Crippen LogP contribution in [-0.4, -0.2) is 12.0 Å². The number of nitrogens with one attached hydrogen (secondary N) is 1. The van der Waals surface area contributed by atoms with Crippen LogP contribution in [0.25, 0.3) is 0 Å². The topological polar surface area (TPSA) is 38.3 Å². The molecule has 1 atom stereocenters. The Kier molecular flexibility index (Phi) is 2.86. The van der Waals surface area contributed by atoms with Gasteiger partial charge in [-0.3, -0.25) is 4.79 Å². The van der Waals surface area contributed by atoms with Crippen molar-refractivity contribution in [3.05, 3.63) is 23.8 Å². The van der Waals surface area contributed by atoms with Crippen LogP contribution in [0, 0.1) is 0 Å². The minimum atomic E-state index is -0.352. The fraction of sp³-hybridized carbons (Fsp3) is 0.462. The summed E-state index contributed by atoms with van der Waals surface area (Å²) in [6.45, 7) is 6.22. The maximum Gasteiger partial charge on any atom is 0.265 e. The van der Waals surface area contributed by atoms with Gasteiger partial charge in [0.25, 0.3) is 5.91 Å². The first-order valence-corrected chi connectivity index (χ1v) is 5.73. The van der Waals surface area contributed by atoms with E-state index in [0.29, 0.717) is 12.3 Å². The Morgan fingerprint density at radius 3 is 2.81 bits per heavy atom. The number of amides is 1. The fourth-order valence-electron chi connectivity index (χ4n) is 1.79. The summed E-state index contributed by atoms with van der Waals surface area (Å²) in [5, 5.41) is 2.86. The van der Waals surface area contributed by atoms with E-state index in [0.717, 1.165) is 11.4 Å². The molecule has 86 valence electrons. The van der Waals surface area contributed by atoms with Crippen molar-refractivity contribution in [3.8, 4) is 5.75 Å². The van der Waals surface area contributed by atoms with Crippen molar-refractivity contribution in [1.82, 2.24) is 0 Å². The second-order valence-corrected chi connectivity index (χ2v) is 4.41. The Balaban J connectivity index is 2.33. The van der Waals surface area contributed by atoms with E-state index in [4.69, 9.17) is 4.74 Å². The number of carbonyl (C=O) groups is 1. The number of rotatable bonds is 2. The van der Waals surface area contributed by atoms with Crippen molar-refractivity contribution < 1.29 is 9.53 Å². The molecule has 0 spiro atoms. The minimum absolute atomic E-state index is 0.0488. The monoisotopic (exact) mass is 219 g/mol. The Hall–Kier alpha value is -1.51. The predicted octanol–water partition coefficient (Wildman–Crippen LogP) is 2.92. The summed E-state index contributed by atoms with van der Waals surface area (Å²) in [6.07, 6.45) is 0.340. The first-order valence-electron chi connectivity index (χ1n) is 5.73. The van der Waals surface area contributed by atoms with Crippen molar-refractivity contribution in [2.75, 3.05) is 5.32 Å². The second-order valence-electron chi connectivity index (χ2n) is 4.41. The molecule has 1 N–H and O–H groups in total. The number of ether oxygens (including phenoxy) is 1. The van der Waals surface area contributed by atoms with E-state index < -0.39 is 0 Å². The van der Waals surface area contributed by atoms with Gasteiger partial charge < -0.3 is 10.1 Å². The number of fused-ring (bicyclic) bond motifs is 1. The number of hydrogen-bond acceptors (Lipinski definition) is 2. The molecule has 3 nitrogen and oxygen atoms in total. The molecule has 0 radical (unpaired) electrons. The second kappa shape index (κ2) is 4.16. The zero-order chi connectivity index (χ0) is 11.7. The lowest BCUT2D eigenvalue weighted by molar-refractivity contribution is -0.123. The Morgan fingerprint density at radius 2 is 2.19 bits per heavy atom. The molecular weight excluding hydrogens is 202 g/mol. The summed E-state index contributed by atoms with van der Waals surface area (Å²) < 4.78 is 5.67. The van der Waals surface area contributed by atoms with Crippen LogP contribution >= 0.6 is 0 Å². The Morgan fingerprint density at radius 1 is 1.44 bits per heavy atom. The maximum absolute atomic E-state index is 11.6. The third kappa shape index (κ3) is 1.90. The third-order valence-electron chi connectivity index (χ3n) is 2.86. The van der Waals surface area contributed by atoms with Crippen molar-refractivity contribution in [2.24, 2.45) is 0 Å². The van der Waals surface area contributed by atoms with Crippen molar-refractivity contribution in [2.45, 2.75) is 39.2 Å². The molecule has 0 fully saturated rings. The van der Waals surface area contributed by atoms with E-state index in [1.165, 1.54) is 5.56 Å². The molecule has 16 heavy (non-hydrogen) atoms. The van der Waals surface area contributed by atoms with E-state index in [-0.39, 0.29) is 12.0 Å². The molecule has 1 aromatic rings. The summed E-state index contributed by atoms with van der Waals surface area (Å²) in [5.41, 5.74) is 2.00. The van der Waals surface area contributed by atoms with Gasteiger partial charge in [-0.2, -0.15) is 0 Å². The van der Waals surface area contributed by atoms with E-state index >= 15 is 0 Å². The molecule has 3 heteroatoms. The van der Waals surface area contributed by atoms with E-state index in [2.05, 4.69) is 19.2 Å². The summed E-state index contributed by atoms with van der Waals surface area (Å²) >= 11 is 0. The Bertz CT molecular complexity index is 412. The summed E-state index contributed by atoms with van der Waals surface area (Å²) in [6, 6.07) is 5.95. The molecule has 2 rings (SSSR count). The summed E-state index contributed by atoms with van der Waals surface area (Å²) in [4.78, 5) is 11.6. The van der Waals surface area contributed by atoms with Gasteiger partial charge in [0.05, 0.1) is 5.69 Å². The highest BCUT2D eigenvalue weighted by Gasteiger charge is 2.26. The number of carbonyl (C=O) groups excluding carboxylic acids is 1. The maximum atomic E-state index is 11.6. The van der Waals surface area contributed by atoms with E-state index in [9.17, 15) is 4.79 Å². The molecule has 0 aromatic heterocycles. The molecule has 0 saturated carbocycles. The smallest absolute Gasteiger partial charge is 0.265 e. The molecule has 1 aromatic carbocycles. The van der Waals surface area contributed by atoms with Gasteiger partial charge in [0.15, 0.2) is 6.10 Å². The molecule has 0 aliphatic carbocycles. The highest BCUT2D eigenvalue weighted by atomic mass is 16.5. The van der Waals surface area contributed by atoms with Crippen molar-refractivity contribution >= 4 is 11.6 Å². The van der Waals surface area contributed by atoms with Gasteiger partial charge in [-0.15, -0.1) is 0 Å². The number of benzene rings is 1. The quantitative estimate of drug-likeness (QED) is 0.830. The standard InChI is InChI=1S/C13H17NO2/c1-4-11-13(15)14-10-6-5-9(8(2)3)7-12(10)16-11/h5-8,11H,4H2,1-3H3,(H,14,15). The third-order valence-corrected chi connectivity index (χ3v) is 2.86. The molecule has 1 amide bonds. The number of hydrogen-bond donors (Lipinski definition) is 1. The van der Waals surface area contributed by atoms with Crippen LogP contribution in [0.15, 0.2) is 18.2 Å². The normalized spacial score (nSPS) is 19.0. The van der Waals surface area contributed by atoms with Crippen LogP contribution in [-0.2, 0) is 4.79 Å². The summed E-state index contributed by atoms with van der Waals surface area (Å²) in [5.74, 6) is 1.21. The van der Waals surface area contributed by atoms with Crippen LogP contribution in [0.5, 0.6) is 5.75 Å². The molecule has 1 aliphatic heterocycles. The minimum Gasteiger partial charge on any atom is -0.478 e. The molecule has 1 unspecified atom stereocenters. The van der Waals surface area contributed by atoms with E-state index in [1.807, 2.05) is 25.1 Å². The zero-order valence-electron chi connectivity index (χ0n) is 9.91. The lowest BCUT2D eigenvalue weighted by Crippen LogP contribution is -2.36. The molecule has 1 heterocycles. The first kappa shape index (κ1) is 11.0. The molecule has 1 aliphatic rings. The summed E-state index contributed by atoms with van der Waals surface area (Å²) in [7, 11) is 0. The van der Waals surface area contributed by atoms with Gasteiger partial charge in [0.1, 0.15) is 5.75 Å². The van der Waals surface area contributed by atoms with Gasteiger partial charge in [0.2, 0.25) is 0 Å². The largest absolute Gasteiger partial charge is 0.478 e. The van der Waals surface area contributed by atoms with Crippen molar-refractivity contribution in [1.29, 1.82) is 0 Å². The van der Waals surface area contributed by atoms with Crippen LogP contribution < -0.4 is 10.1 Å². The lowest BCUT2D eigenvalue weighted by atomic mass is 10.0. The van der Waals surface area contributed by atoms with Gasteiger partial charge >= 0.3 is 0 Å². The SMILES string of the molecule is CCC1Oc2cc(C(C)C)ccc2NC1=O. The van der Waals surface area contributed by atoms with Gasteiger partial charge in [-0.25, -0.2) is 0 Å². The average molecular weight is 219 g/mol. The van der Waals surface area contributed by atoms with Crippen LogP contribution in [0.2, 0.25) is 0 Å². The lowest BCUT2D eigenvalue weighted by Gasteiger charge is -2.25. The zero-order valence-corrected chi connectivity index (χ0v) is 9.91. The highest BCUT2D eigenvalue weighted by Crippen LogP contribution is 2.33. The van der Waals surface area contributed by atoms with E-state index in [1.54, 1.807) is 0 Å². The van der Waals surface area contributed by atoms with Gasteiger partial charge in [-0.05, 0) is 30.0 Å². The molecule has 0 bridgehead atoms. The van der Waals surface area contributed by atoms with Crippen LogP contribution in [0.4, 0.5) is 5.69 Å². The molecular formula is C13H17NO2. The van der Waals surface area contributed by atoms with Gasteiger partial charge in [0, 0.05) is 0 Å². The van der Waals surface area contributed by atoms with Crippen molar-refractivity contribution in [3.63, 3.8) is 0 Å². The molecule has 0 saturated heterocycles. The average Bonchev–Trinajstić information content (AvgIpc) is 2.27. The Labute approximate surface area is 95.8 Å². The fourth-order valence-corrected chi connectivity index (χ4v) is 1.79. The first-order chi connectivity index (χ1) is 7.61.